The van der Waals surface area contributed by atoms with Crippen LogP contribution in [0.3, 0.4) is 0 Å². The van der Waals surface area contributed by atoms with Gasteiger partial charge in [-0.25, -0.2) is 0 Å². The van der Waals surface area contributed by atoms with Crippen molar-refractivity contribution in [1.29, 1.82) is 0 Å². The zero-order valence-corrected chi connectivity index (χ0v) is 12.3. The Kier molecular flexibility index (Phi) is 7.49. The van der Waals surface area contributed by atoms with E-state index in [9.17, 15) is 4.79 Å². The van der Waals surface area contributed by atoms with Gasteiger partial charge >= 0.3 is 0 Å². The number of unbranched alkanes of at least 4 members (excludes halogenated alkanes) is 2. The van der Waals surface area contributed by atoms with Gasteiger partial charge in [-0.15, -0.1) is 0 Å². The molecule has 0 saturated carbocycles. The molecule has 0 bridgehead atoms. The number of para-hydroxylation sites is 1. The molecule has 0 radical (unpaired) electrons. The minimum atomic E-state index is -0.0575. The highest BCUT2D eigenvalue weighted by molar-refractivity contribution is 9.09. The van der Waals surface area contributed by atoms with E-state index in [1.165, 1.54) is 0 Å². The Morgan fingerprint density at radius 2 is 2.06 bits per heavy atom. The van der Waals surface area contributed by atoms with Gasteiger partial charge in [-0.3, -0.25) is 4.79 Å². The number of carbonyl (C=O) groups is 1. The molecule has 0 aliphatic carbocycles. The van der Waals surface area contributed by atoms with E-state index in [1.807, 2.05) is 25.1 Å². The molecule has 0 aliphatic rings. The van der Waals surface area contributed by atoms with E-state index in [2.05, 4.69) is 21.2 Å². The number of nitrogens with one attached hydrogen (secondary N) is 1. The summed E-state index contributed by atoms with van der Waals surface area (Å²) in [6, 6.07) is 7.34. The van der Waals surface area contributed by atoms with Crippen LogP contribution < -0.4 is 10.1 Å². The Bertz CT molecular complexity index is 369. The predicted molar refractivity (Wildman–Crippen MR) is 77.6 cm³/mol. The molecule has 1 N–H and O–H groups in total. The molecule has 0 spiro atoms. The van der Waals surface area contributed by atoms with E-state index in [1.54, 1.807) is 6.07 Å². The number of ether oxygens (including phenoxy) is 1. The molecule has 0 unspecified atom stereocenters. The lowest BCUT2D eigenvalue weighted by atomic mass is 10.2. The summed E-state index contributed by atoms with van der Waals surface area (Å²) >= 11 is 3.39. The van der Waals surface area contributed by atoms with Crippen LogP contribution in [0.25, 0.3) is 0 Å². The summed E-state index contributed by atoms with van der Waals surface area (Å²) in [5.41, 5.74) is 0.611. The van der Waals surface area contributed by atoms with Gasteiger partial charge in [0, 0.05) is 11.9 Å². The number of benzene rings is 1. The average molecular weight is 314 g/mol. The van der Waals surface area contributed by atoms with E-state index < -0.39 is 0 Å². The molecule has 1 aromatic rings. The summed E-state index contributed by atoms with van der Waals surface area (Å²) in [5, 5.41) is 3.94. The fourth-order valence-electron chi connectivity index (χ4n) is 1.63. The molecular weight excluding hydrogens is 294 g/mol. The first-order chi connectivity index (χ1) is 8.79. The maximum absolute atomic E-state index is 12.0. The molecule has 0 aliphatic heterocycles. The summed E-state index contributed by atoms with van der Waals surface area (Å²) < 4.78 is 5.44. The number of hydrogen-bond donors (Lipinski definition) is 1. The summed E-state index contributed by atoms with van der Waals surface area (Å²) in [5.74, 6) is 0.593. The minimum Gasteiger partial charge on any atom is -0.493 e. The fraction of sp³-hybridized carbons (Fsp3) is 0.500. The van der Waals surface area contributed by atoms with Gasteiger partial charge in [-0.1, -0.05) is 34.5 Å². The lowest BCUT2D eigenvalue weighted by molar-refractivity contribution is 0.0949. The van der Waals surface area contributed by atoms with E-state index in [4.69, 9.17) is 4.74 Å². The molecule has 3 nitrogen and oxygen atoms in total. The van der Waals surface area contributed by atoms with Crippen LogP contribution in [0.2, 0.25) is 0 Å². The molecule has 0 saturated heterocycles. The van der Waals surface area contributed by atoms with Crippen molar-refractivity contribution >= 4 is 21.8 Å². The lowest BCUT2D eigenvalue weighted by Gasteiger charge is -2.10. The summed E-state index contributed by atoms with van der Waals surface area (Å²) in [6.45, 7) is 3.19. The second-order valence-corrected chi connectivity index (χ2v) is 4.73. The van der Waals surface area contributed by atoms with Crippen molar-refractivity contribution in [1.82, 2.24) is 5.32 Å². The van der Waals surface area contributed by atoms with Gasteiger partial charge in [0.15, 0.2) is 0 Å². The molecule has 1 rings (SSSR count). The van der Waals surface area contributed by atoms with Crippen molar-refractivity contribution < 1.29 is 9.53 Å². The first-order valence-electron chi connectivity index (χ1n) is 6.35. The van der Waals surface area contributed by atoms with Gasteiger partial charge < -0.3 is 10.1 Å². The van der Waals surface area contributed by atoms with Crippen molar-refractivity contribution in [3.63, 3.8) is 0 Å². The largest absolute Gasteiger partial charge is 0.493 e. The van der Waals surface area contributed by atoms with Gasteiger partial charge in [0.05, 0.1) is 12.2 Å². The fourth-order valence-corrected chi connectivity index (χ4v) is 2.03. The van der Waals surface area contributed by atoms with E-state index >= 15 is 0 Å². The molecule has 0 fully saturated rings. The second kappa shape index (κ2) is 8.97. The molecule has 0 aromatic heterocycles. The number of alkyl halides is 1. The Balaban J connectivity index is 2.45. The third kappa shape index (κ3) is 5.08. The van der Waals surface area contributed by atoms with Crippen LogP contribution in [-0.4, -0.2) is 24.4 Å². The zero-order chi connectivity index (χ0) is 13.2. The Labute approximate surface area is 117 Å². The molecule has 100 valence electrons. The van der Waals surface area contributed by atoms with Crippen molar-refractivity contribution in [3.8, 4) is 5.75 Å². The summed E-state index contributed by atoms with van der Waals surface area (Å²) in [7, 11) is 0. The van der Waals surface area contributed by atoms with E-state index in [-0.39, 0.29) is 5.91 Å². The predicted octanol–water partition coefficient (Wildman–Crippen LogP) is 3.38. The van der Waals surface area contributed by atoms with Crippen LogP contribution in [0.5, 0.6) is 5.75 Å². The van der Waals surface area contributed by atoms with Crippen LogP contribution >= 0.6 is 15.9 Å². The van der Waals surface area contributed by atoms with E-state index in [0.29, 0.717) is 24.5 Å². The minimum absolute atomic E-state index is 0.0575. The van der Waals surface area contributed by atoms with Gasteiger partial charge in [0.1, 0.15) is 5.75 Å². The Morgan fingerprint density at radius 3 is 2.78 bits per heavy atom. The van der Waals surface area contributed by atoms with E-state index in [0.717, 1.165) is 24.6 Å². The first-order valence-corrected chi connectivity index (χ1v) is 7.47. The Hall–Kier alpha value is -1.03. The maximum Gasteiger partial charge on any atom is 0.255 e. The van der Waals surface area contributed by atoms with Gasteiger partial charge in [-0.05, 0) is 31.9 Å². The van der Waals surface area contributed by atoms with Crippen LogP contribution in [0.15, 0.2) is 24.3 Å². The quantitative estimate of drug-likeness (QED) is 0.590. The SMILES string of the molecule is CCOc1ccccc1C(=O)NCCCCCBr. The third-order valence-corrected chi connectivity index (χ3v) is 3.09. The lowest BCUT2D eigenvalue weighted by Crippen LogP contribution is -2.25. The summed E-state index contributed by atoms with van der Waals surface area (Å²) in [4.78, 5) is 12.0. The van der Waals surface area contributed by atoms with Gasteiger partial charge in [0.2, 0.25) is 0 Å². The molecule has 0 atom stereocenters. The number of halogens is 1. The molecular formula is C14H20BrNO2. The first kappa shape index (κ1) is 15.0. The number of amides is 1. The van der Waals surface area contributed by atoms with Gasteiger partial charge in [0.25, 0.3) is 5.91 Å². The summed E-state index contributed by atoms with van der Waals surface area (Å²) in [6.07, 6.45) is 3.28. The molecule has 4 heteroatoms. The highest BCUT2D eigenvalue weighted by Crippen LogP contribution is 2.17. The monoisotopic (exact) mass is 313 g/mol. The second-order valence-electron chi connectivity index (χ2n) is 3.93. The number of rotatable bonds is 8. The normalized spacial score (nSPS) is 10.1. The van der Waals surface area contributed by atoms with Crippen molar-refractivity contribution in [2.75, 3.05) is 18.5 Å². The number of carbonyl (C=O) groups excluding carboxylic acids is 1. The van der Waals surface area contributed by atoms with Crippen LogP contribution in [0.4, 0.5) is 0 Å². The molecule has 18 heavy (non-hydrogen) atoms. The Morgan fingerprint density at radius 1 is 1.28 bits per heavy atom. The van der Waals surface area contributed by atoms with Gasteiger partial charge in [-0.2, -0.15) is 0 Å². The average Bonchev–Trinajstić information content (AvgIpc) is 2.39. The van der Waals surface area contributed by atoms with Crippen molar-refractivity contribution in [2.45, 2.75) is 26.2 Å². The van der Waals surface area contributed by atoms with Crippen LogP contribution in [0, 0.1) is 0 Å². The molecule has 1 aromatic carbocycles. The molecule has 0 heterocycles. The molecule has 1 amide bonds. The zero-order valence-electron chi connectivity index (χ0n) is 10.7. The topological polar surface area (TPSA) is 38.3 Å². The standard InChI is InChI=1S/C14H20BrNO2/c1-2-18-13-9-5-4-8-12(13)14(17)16-11-7-3-6-10-15/h4-5,8-9H,2-3,6-7,10-11H2,1H3,(H,16,17). The van der Waals surface area contributed by atoms with Crippen LogP contribution in [-0.2, 0) is 0 Å². The van der Waals surface area contributed by atoms with Crippen molar-refractivity contribution in [3.05, 3.63) is 29.8 Å². The third-order valence-electron chi connectivity index (χ3n) is 2.53. The number of hydrogen-bond acceptors (Lipinski definition) is 2. The maximum atomic E-state index is 12.0. The van der Waals surface area contributed by atoms with Crippen molar-refractivity contribution in [2.24, 2.45) is 0 Å². The smallest absolute Gasteiger partial charge is 0.255 e. The van der Waals surface area contributed by atoms with Crippen LogP contribution in [0.1, 0.15) is 36.5 Å². The highest BCUT2D eigenvalue weighted by Gasteiger charge is 2.10. The highest BCUT2D eigenvalue weighted by atomic mass is 79.9.